The summed E-state index contributed by atoms with van der Waals surface area (Å²) in [6, 6.07) is 17.5. The van der Waals surface area contributed by atoms with E-state index in [2.05, 4.69) is 10.3 Å². The van der Waals surface area contributed by atoms with Gasteiger partial charge in [0, 0.05) is 23.2 Å². The van der Waals surface area contributed by atoms with Crippen molar-refractivity contribution in [3.05, 3.63) is 77.3 Å². The lowest BCUT2D eigenvalue weighted by Gasteiger charge is -2.21. The normalized spacial score (nSPS) is 19.6. The second kappa shape index (κ2) is 7.31. The van der Waals surface area contributed by atoms with Gasteiger partial charge in [-0.3, -0.25) is 4.98 Å². The zero-order valence-electron chi connectivity index (χ0n) is 13.9. The number of hydrogen-bond donors (Lipinski definition) is 1. The lowest BCUT2D eigenvalue weighted by molar-refractivity contribution is 0.289. The van der Waals surface area contributed by atoms with Gasteiger partial charge in [0.25, 0.3) is 0 Å². The third-order valence-electron chi connectivity index (χ3n) is 4.26. The topological polar surface area (TPSA) is 41.3 Å². The van der Waals surface area contributed by atoms with Crippen LogP contribution in [0.2, 0.25) is 5.02 Å². The predicted octanol–water partition coefficient (Wildman–Crippen LogP) is 5.08. The van der Waals surface area contributed by atoms with Crippen molar-refractivity contribution >= 4 is 40.7 Å². The van der Waals surface area contributed by atoms with Crippen molar-refractivity contribution in [2.24, 2.45) is 0 Å². The summed E-state index contributed by atoms with van der Waals surface area (Å²) in [6.07, 6.45) is 1.79. The van der Waals surface area contributed by atoms with Gasteiger partial charge in [-0.1, -0.05) is 29.4 Å². The van der Waals surface area contributed by atoms with Crippen LogP contribution in [-0.4, -0.2) is 22.0 Å². The van der Waals surface area contributed by atoms with Crippen molar-refractivity contribution in [2.45, 2.75) is 22.1 Å². The first-order valence-electron chi connectivity index (χ1n) is 8.09. The van der Waals surface area contributed by atoms with Gasteiger partial charge in [-0.2, -0.15) is 0 Å². The summed E-state index contributed by atoms with van der Waals surface area (Å²) < 4.78 is 6.13. The van der Waals surface area contributed by atoms with Crippen LogP contribution in [0.1, 0.15) is 23.5 Å². The molecule has 4 rings (SSSR count). The third-order valence-corrected chi connectivity index (χ3v) is 5.85. The molecule has 0 unspecified atom stereocenters. The van der Waals surface area contributed by atoms with Gasteiger partial charge in [-0.15, -0.1) is 0 Å². The van der Waals surface area contributed by atoms with E-state index in [4.69, 9.17) is 28.2 Å². The van der Waals surface area contributed by atoms with Crippen LogP contribution in [-0.2, 0) is 0 Å². The average Bonchev–Trinajstić information content (AvgIpc) is 3.22. The standard InChI is InChI=1S/C19H16ClN3OS2/c1-23-18(17(22-19(23)25)14-4-2-3-11-21-14)15-9-10-16(24-15)26-13-7-5-12(20)6-8-13/h2-11,17-18H,1H3,(H,22,25)/t17-,18-/m0/s1. The highest BCUT2D eigenvalue weighted by atomic mass is 35.5. The molecule has 26 heavy (non-hydrogen) atoms. The average molecular weight is 402 g/mol. The van der Waals surface area contributed by atoms with Crippen molar-refractivity contribution in [1.29, 1.82) is 0 Å². The van der Waals surface area contributed by atoms with E-state index in [-0.39, 0.29) is 12.1 Å². The maximum Gasteiger partial charge on any atom is 0.170 e. The molecule has 2 atom stereocenters. The van der Waals surface area contributed by atoms with Gasteiger partial charge < -0.3 is 14.6 Å². The highest BCUT2D eigenvalue weighted by molar-refractivity contribution is 7.99. The van der Waals surface area contributed by atoms with Gasteiger partial charge in [0.15, 0.2) is 10.2 Å². The van der Waals surface area contributed by atoms with E-state index < -0.39 is 0 Å². The molecular formula is C19H16ClN3OS2. The van der Waals surface area contributed by atoms with Crippen LogP contribution in [0.3, 0.4) is 0 Å². The van der Waals surface area contributed by atoms with Crippen LogP contribution >= 0.6 is 35.6 Å². The molecule has 1 aliphatic rings. The van der Waals surface area contributed by atoms with Gasteiger partial charge in [-0.25, -0.2) is 0 Å². The highest BCUT2D eigenvalue weighted by Crippen LogP contribution is 2.40. The number of halogens is 1. The Balaban J connectivity index is 1.60. The van der Waals surface area contributed by atoms with E-state index in [1.165, 1.54) is 0 Å². The summed E-state index contributed by atoms with van der Waals surface area (Å²) in [5, 5.41) is 5.59. The molecule has 1 aromatic carbocycles. The molecular weight excluding hydrogens is 386 g/mol. The maximum atomic E-state index is 6.13. The molecule has 0 radical (unpaired) electrons. The zero-order valence-corrected chi connectivity index (χ0v) is 16.3. The largest absolute Gasteiger partial charge is 0.452 e. The Hall–Kier alpha value is -2.02. The number of likely N-dealkylation sites (N-methyl/N-ethyl adjacent to an activating group) is 1. The first-order chi connectivity index (χ1) is 12.6. The molecule has 3 heterocycles. The molecule has 132 valence electrons. The minimum absolute atomic E-state index is 0.0445. The second-order valence-electron chi connectivity index (χ2n) is 5.95. The summed E-state index contributed by atoms with van der Waals surface area (Å²) >= 11 is 13.0. The van der Waals surface area contributed by atoms with Gasteiger partial charge >= 0.3 is 0 Å². The second-order valence-corrected chi connectivity index (χ2v) is 7.85. The van der Waals surface area contributed by atoms with Crippen LogP contribution in [0.4, 0.5) is 0 Å². The molecule has 4 nitrogen and oxygen atoms in total. The number of nitrogens with zero attached hydrogens (tertiary/aromatic N) is 2. The van der Waals surface area contributed by atoms with Gasteiger partial charge in [-0.05, 0) is 60.7 Å². The molecule has 0 saturated carbocycles. The fourth-order valence-electron chi connectivity index (χ4n) is 2.98. The van der Waals surface area contributed by atoms with E-state index in [0.717, 1.165) is 26.5 Å². The van der Waals surface area contributed by atoms with Gasteiger partial charge in [0.2, 0.25) is 0 Å². The molecule has 1 saturated heterocycles. The van der Waals surface area contributed by atoms with E-state index in [1.807, 2.05) is 66.5 Å². The maximum absolute atomic E-state index is 6.13. The number of thiocarbonyl (C=S) groups is 1. The number of furan rings is 1. The van der Waals surface area contributed by atoms with E-state index in [0.29, 0.717) is 5.11 Å². The lowest BCUT2D eigenvalue weighted by Crippen LogP contribution is -2.24. The number of hydrogen-bond acceptors (Lipinski definition) is 4. The molecule has 0 amide bonds. The summed E-state index contributed by atoms with van der Waals surface area (Å²) in [5.74, 6) is 0.854. The van der Waals surface area contributed by atoms with Crippen molar-refractivity contribution in [3.63, 3.8) is 0 Å². The molecule has 0 bridgehead atoms. The monoisotopic (exact) mass is 401 g/mol. The Morgan fingerprint density at radius 1 is 1.15 bits per heavy atom. The van der Waals surface area contributed by atoms with Crippen molar-refractivity contribution in [3.8, 4) is 0 Å². The number of aromatic nitrogens is 1. The fraction of sp³-hybridized carbons (Fsp3) is 0.158. The van der Waals surface area contributed by atoms with Crippen molar-refractivity contribution in [2.75, 3.05) is 7.05 Å². The Morgan fingerprint density at radius 3 is 2.69 bits per heavy atom. The van der Waals surface area contributed by atoms with Gasteiger partial charge in [0.1, 0.15) is 11.8 Å². The van der Waals surface area contributed by atoms with E-state index in [9.17, 15) is 0 Å². The lowest BCUT2D eigenvalue weighted by atomic mass is 10.0. The van der Waals surface area contributed by atoms with Crippen LogP contribution < -0.4 is 5.32 Å². The zero-order chi connectivity index (χ0) is 18.1. The Bertz CT molecular complexity index is 914. The SMILES string of the molecule is CN1C(=S)N[C@@H](c2ccccn2)[C@@H]1c1ccc(Sc2ccc(Cl)cc2)o1. The molecule has 1 fully saturated rings. The minimum atomic E-state index is -0.0479. The van der Waals surface area contributed by atoms with Crippen LogP contribution in [0, 0.1) is 0 Å². The molecule has 0 spiro atoms. The van der Waals surface area contributed by atoms with Crippen LogP contribution in [0.15, 0.2) is 75.2 Å². The summed E-state index contributed by atoms with van der Waals surface area (Å²) in [4.78, 5) is 7.57. The minimum Gasteiger partial charge on any atom is -0.452 e. The molecule has 3 aromatic rings. The van der Waals surface area contributed by atoms with E-state index in [1.54, 1.807) is 18.0 Å². The first-order valence-corrected chi connectivity index (χ1v) is 9.69. The van der Waals surface area contributed by atoms with Crippen molar-refractivity contribution < 1.29 is 4.42 Å². The summed E-state index contributed by atoms with van der Waals surface area (Å²) in [7, 11) is 1.97. The highest BCUT2D eigenvalue weighted by Gasteiger charge is 2.39. The van der Waals surface area contributed by atoms with Crippen molar-refractivity contribution in [1.82, 2.24) is 15.2 Å². The number of rotatable bonds is 4. The van der Waals surface area contributed by atoms with Crippen LogP contribution in [0.5, 0.6) is 0 Å². The third kappa shape index (κ3) is 3.45. The van der Waals surface area contributed by atoms with Crippen LogP contribution in [0.25, 0.3) is 0 Å². The first kappa shape index (κ1) is 17.4. The molecule has 0 aliphatic carbocycles. The Kier molecular flexibility index (Phi) is 4.89. The summed E-state index contributed by atoms with van der Waals surface area (Å²) in [6.45, 7) is 0. The Morgan fingerprint density at radius 2 is 1.96 bits per heavy atom. The number of nitrogens with one attached hydrogen (secondary N) is 1. The number of pyridine rings is 1. The summed E-state index contributed by atoms with van der Waals surface area (Å²) in [5.41, 5.74) is 0.938. The number of benzene rings is 1. The predicted molar refractivity (Wildman–Crippen MR) is 107 cm³/mol. The molecule has 1 aliphatic heterocycles. The smallest absolute Gasteiger partial charge is 0.170 e. The van der Waals surface area contributed by atoms with Gasteiger partial charge in [0.05, 0.1) is 11.7 Å². The molecule has 7 heteroatoms. The fourth-order valence-corrected chi connectivity index (χ4v) is 4.13. The van der Waals surface area contributed by atoms with E-state index >= 15 is 0 Å². The Labute approximate surface area is 166 Å². The quantitative estimate of drug-likeness (QED) is 0.615. The molecule has 2 aromatic heterocycles. The molecule has 1 N–H and O–H groups in total.